The monoisotopic (exact) mass is 301 g/mol. The molecule has 2 aromatic rings. The summed E-state index contributed by atoms with van der Waals surface area (Å²) < 4.78 is 29.8. The summed E-state index contributed by atoms with van der Waals surface area (Å²) in [6.45, 7) is 2.17. The number of nitrogens with two attached hydrogens (primary N) is 1. The molecule has 0 amide bonds. The van der Waals surface area contributed by atoms with Gasteiger partial charge in [0.05, 0.1) is 4.90 Å². The highest BCUT2D eigenvalue weighted by molar-refractivity contribution is 7.95. The molecule has 1 aliphatic rings. The zero-order chi connectivity index (χ0) is 15.0. The van der Waals surface area contributed by atoms with Crippen LogP contribution < -0.4 is 10.5 Å². The quantitative estimate of drug-likeness (QED) is 0.885. The molecular weight excluding hydrogens is 286 g/mol. The number of anilines is 1. The number of ether oxygens (including phenoxy) is 1. The van der Waals surface area contributed by atoms with Gasteiger partial charge in [0.25, 0.3) is 0 Å². The Kier molecular flexibility index (Phi) is 3.22. The molecule has 0 bridgehead atoms. The number of sulfone groups is 1. The predicted molar refractivity (Wildman–Crippen MR) is 82.7 cm³/mol. The highest BCUT2D eigenvalue weighted by atomic mass is 32.2. The summed E-state index contributed by atoms with van der Waals surface area (Å²) in [6.07, 6.45) is 0. The molecule has 0 aromatic heterocycles. The van der Waals surface area contributed by atoms with E-state index in [1.54, 1.807) is 12.1 Å². The lowest BCUT2D eigenvalue weighted by Gasteiger charge is -2.09. The molecule has 4 nitrogen and oxygen atoms in total. The third-order valence-electron chi connectivity index (χ3n) is 3.34. The van der Waals surface area contributed by atoms with Gasteiger partial charge in [-0.3, -0.25) is 0 Å². The minimum Gasteiger partial charge on any atom is -0.489 e. The van der Waals surface area contributed by atoms with Crippen molar-refractivity contribution in [1.29, 1.82) is 0 Å². The fraction of sp³-hybridized carbons (Fsp3) is 0.125. The van der Waals surface area contributed by atoms with E-state index < -0.39 is 9.84 Å². The van der Waals surface area contributed by atoms with E-state index in [1.807, 2.05) is 31.2 Å². The summed E-state index contributed by atoms with van der Waals surface area (Å²) in [6, 6.07) is 12.4. The summed E-state index contributed by atoms with van der Waals surface area (Å²) in [5.41, 5.74) is 8.62. The van der Waals surface area contributed by atoms with E-state index in [0.717, 1.165) is 5.56 Å². The van der Waals surface area contributed by atoms with Crippen LogP contribution >= 0.6 is 0 Å². The second kappa shape index (κ2) is 4.93. The molecule has 0 aliphatic carbocycles. The van der Waals surface area contributed by atoms with Gasteiger partial charge in [0, 0.05) is 22.2 Å². The molecule has 0 unspecified atom stereocenters. The molecular formula is C16H15NO3S. The fourth-order valence-electron chi connectivity index (χ4n) is 2.34. The number of benzene rings is 2. The summed E-state index contributed by atoms with van der Waals surface area (Å²) in [4.78, 5) is 0.291. The van der Waals surface area contributed by atoms with Crippen molar-refractivity contribution in [3.8, 4) is 5.75 Å². The first-order valence-electron chi connectivity index (χ1n) is 6.51. The average Bonchev–Trinajstić information content (AvgIpc) is 2.67. The lowest BCUT2D eigenvalue weighted by Crippen LogP contribution is -2.00. The van der Waals surface area contributed by atoms with Gasteiger partial charge in [-0.2, -0.15) is 0 Å². The number of hydrogen-bond donors (Lipinski definition) is 1. The van der Waals surface area contributed by atoms with Crippen LogP contribution in [0.1, 0.15) is 11.1 Å². The van der Waals surface area contributed by atoms with Crippen molar-refractivity contribution in [1.82, 2.24) is 0 Å². The van der Waals surface area contributed by atoms with Gasteiger partial charge in [0.15, 0.2) is 0 Å². The van der Waals surface area contributed by atoms with Crippen molar-refractivity contribution in [2.45, 2.75) is 11.8 Å². The van der Waals surface area contributed by atoms with Crippen LogP contribution in [0, 0.1) is 6.92 Å². The molecule has 1 heterocycles. The first-order valence-corrected chi connectivity index (χ1v) is 8.05. The van der Waals surface area contributed by atoms with E-state index in [1.165, 1.54) is 11.5 Å². The normalized spacial score (nSPS) is 15.4. The lowest BCUT2D eigenvalue weighted by molar-refractivity contribution is 0.369. The summed E-state index contributed by atoms with van der Waals surface area (Å²) in [5, 5.41) is 1.26. The van der Waals surface area contributed by atoms with E-state index in [-0.39, 0.29) is 6.61 Å². The Bertz CT molecular complexity index is 838. The van der Waals surface area contributed by atoms with Crippen LogP contribution in [0.25, 0.3) is 5.57 Å². The average molecular weight is 301 g/mol. The number of aryl methyl sites for hydroxylation is 1. The van der Waals surface area contributed by atoms with Crippen molar-refractivity contribution < 1.29 is 13.2 Å². The van der Waals surface area contributed by atoms with Gasteiger partial charge in [0.1, 0.15) is 12.4 Å². The zero-order valence-corrected chi connectivity index (χ0v) is 12.4. The van der Waals surface area contributed by atoms with Gasteiger partial charge in [-0.25, -0.2) is 8.42 Å². The molecule has 0 fully saturated rings. The number of rotatable bonds is 3. The highest BCUT2D eigenvalue weighted by Crippen LogP contribution is 2.34. The lowest BCUT2D eigenvalue weighted by atomic mass is 10.1. The van der Waals surface area contributed by atoms with E-state index in [9.17, 15) is 8.42 Å². The zero-order valence-electron chi connectivity index (χ0n) is 11.5. The number of nitrogen functional groups attached to an aromatic ring is 1. The summed E-state index contributed by atoms with van der Waals surface area (Å²) >= 11 is 0. The van der Waals surface area contributed by atoms with Crippen LogP contribution in [0.5, 0.6) is 5.75 Å². The Hall–Kier alpha value is -2.27. The maximum atomic E-state index is 12.1. The third-order valence-corrected chi connectivity index (χ3v) is 4.90. The van der Waals surface area contributed by atoms with Crippen LogP contribution in [0.15, 0.2) is 52.8 Å². The Labute approximate surface area is 123 Å². The fourth-order valence-corrected chi connectivity index (χ4v) is 3.79. The number of fused-ring (bicyclic) bond motifs is 1. The van der Waals surface area contributed by atoms with Crippen molar-refractivity contribution in [2.24, 2.45) is 0 Å². The molecule has 21 heavy (non-hydrogen) atoms. The number of hydrogen-bond acceptors (Lipinski definition) is 4. The summed E-state index contributed by atoms with van der Waals surface area (Å²) in [5.74, 6) is 0.714. The van der Waals surface area contributed by atoms with Crippen molar-refractivity contribution in [3.63, 3.8) is 0 Å². The van der Waals surface area contributed by atoms with Crippen molar-refractivity contribution in [2.75, 3.05) is 12.3 Å². The van der Waals surface area contributed by atoms with Crippen LogP contribution in [-0.2, 0) is 9.84 Å². The van der Waals surface area contributed by atoms with E-state index in [2.05, 4.69) is 0 Å². The largest absolute Gasteiger partial charge is 0.489 e. The van der Waals surface area contributed by atoms with Crippen LogP contribution in [0.4, 0.5) is 5.69 Å². The van der Waals surface area contributed by atoms with Gasteiger partial charge >= 0.3 is 0 Å². The third kappa shape index (κ3) is 2.64. The minimum absolute atomic E-state index is 0.194. The predicted octanol–water partition coefficient (Wildman–Crippen LogP) is 2.78. The topological polar surface area (TPSA) is 69.4 Å². The SMILES string of the molecule is Cc1cccc(OCC2=CS(=O)(=O)c3ccc(N)cc32)c1. The van der Waals surface area contributed by atoms with E-state index in [0.29, 0.717) is 27.5 Å². The Morgan fingerprint density at radius 3 is 2.71 bits per heavy atom. The van der Waals surface area contributed by atoms with Gasteiger partial charge in [-0.05, 0) is 42.8 Å². The van der Waals surface area contributed by atoms with Gasteiger partial charge < -0.3 is 10.5 Å². The first-order chi connectivity index (χ1) is 9.95. The van der Waals surface area contributed by atoms with E-state index in [4.69, 9.17) is 10.5 Å². The molecule has 3 rings (SSSR count). The molecule has 0 atom stereocenters. The van der Waals surface area contributed by atoms with Crippen molar-refractivity contribution in [3.05, 3.63) is 59.0 Å². The first kappa shape index (κ1) is 13.7. The Morgan fingerprint density at radius 1 is 1.14 bits per heavy atom. The smallest absolute Gasteiger partial charge is 0.200 e. The van der Waals surface area contributed by atoms with Gasteiger partial charge in [-0.15, -0.1) is 0 Å². The molecule has 5 heteroatoms. The Morgan fingerprint density at radius 2 is 1.95 bits per heavy atom. The van der Waals surface area contributed by atoms with Crippen LogP contribution in [-0.4, -0.2) is 15.0 Å². The molecule has 0 radical (unpaired) electrons. The maximum absolute atomic E-state index is 12.1. The Balaban J connectivity index is 1.89. The van der Waals surface area contributed by atoms with Gasteiger partial charge in [-0.1, -0.05) is 12.1 Å². The van der Waals surface area contributed by atoms with E-state index >= 15 is 0 Å². The van der Waals surface area contributed by atoms with Crippen LogP contribution in [0.2, 0.25) is 0 Å². The van der Waals surface area contributed by atoms with Crippen molar-refractivity contribution >= 4 is 21.1 Å². The van der Waals surface area contributed by atoms with Crippen LogP contribution in [0.3, 0.4) is 0 Å². The van der Waals surface area contributed by atoms with Gasteiger partial charge in [0.2, 0.25) is 9.84 Å². The summed E-state index contributed by atoms with van der Waals surface area (Å²) in [7, 11) is -3.38. The molecule has 1 aliphatic heterocycles. The second-order valence-electron chi connectivity index (χ2n) is 5.05. The molecule has 2 N–H and O–H groups in total. The molecule has 2 aromatic carbocycles. The highest BCUT2D eigenvalue weighted by Gasteiger charge is 2.27. The standard InChI is InChI=1S/C16H15NO3S/c1-11-3-2-4-14(7-11)20-9-12-10-21(18,19)16-6-5-13(17)8-15(12)16/h2-8,10H,9,17H2,1H3. The maximum Gasteiger partial charge on any atom is 0.200 e. The molecule has 0 saturated carbocycles. The molecule has 0 saturated heterocycles. The minimum atomic E-state index is -3.38. The molecule has 108 valence electrons. The second-order valence-corrected chi connectivity index (χ2v) is 6.81. The molecule has 0 spiro atoms.